The maximum atomic E-state index is 5.26. The van der Waals surface area contributed by atoms with Gasteiger partial charge in [-0.2, -0.15) is 0 Å². The van der Waals surface area contributed by atoms with E-state index in [1.165, 1.54) is 0 Å². The van der Waals surface area contributed by atoms with Gasteiger partial charge in [-0.1, -0.05) is 6.58 Å². The van der Waals surface area contributed by atoms with Crippen LogP contribution in [0.1, 0.15) is 0 Å². The monoisotopic (exact) mass is 204 g/mol. The van der Waals surface area contributed by atoms with Crippen LogP contribution in [0.4, 0.5) is 0 Å². The van der Waals surface area contributed by atoms with Gasteiger partial charge in [0.1, 0.15) is 5.76 Å². The van der Waals surface area contributed by atoms with Crippen LogP contribution in [-0.2, 0) is 13.6 Å². The molecular weight excluding hydrogens is 188 g/mol. The molecule has 0 amide bonds. The van der Waals surface area contributed by atoms with E-state index in [1.54, 1.807) is 13.2 Å². The molecule has 0 heterocycles. The second-order valence-corrected chi connectivity index (χ2v) is 3.73. The lowest BCUT2D eigenvalue weighted by Crippen LogP contribution is -1.99. The van der Waals surface area contributed by atoms with E-state index in [4.69, 9.17) is 13.6 Å². The lowest BCUT2D eigenvalue weighted by atomic mass is 10.5. The first-order chi connectivity index (χ1) is 5.74. The highest BCUT2D eigenvalue weighted by Crippen LogP contribution is 2.03. The molecule has 0 bridgehead atoms. The Morgan fingerprint density at radius 1 is 1.25 bits per heavy atom. The molecule has 12 heavy (non-hydrogen) atoms. The van der Waals surface area contributed by atoms with Crippen LogP contribution in [0, 0.1) is 0 Å². The van der Waals surface area contributed by atoms with Crippen molar-refractivity contribution in [1.29, 1.82) is 0 Å². The molecule has 0 aliphatic heterocycles. The molecule has 0 radical (unpaired) electrons. The number of hydrogen-bond donors (Lipinski definition) is 0. The van der Waals surface area contributed by atoms with Crippen molar-refractivity contribution in [1.82, 2.24) is 0 Å². The number of rotatable bonds is 6. The fraction of sp³-hybridized carbons (Fsp3) is 0.429. The molecule has 0 unspecified atom stereocenters. The third kappa shape index (κ3) is 5.03. The maximum absolute atomic E-state index is 5.26. The van der Waals surface area contributed by atoms with Crippen molar-refractivity contribution in [2.24, 2.45) is 0 Å². The molecule has 0 aromatic heterocycles. The van der Waals surface area contributed by atoms with Crippen LogP contribution in [0.2, 0.25) is 13.1 Å². The molecule has 0 fully saturated rings. The summed E-state index contributed by atoms with van der Waals surface area (Å²) in [5.74, 6) is 1.14. The molecule has 0 saturated heterocycles. The highest BCUT2D eigenvalue weighted by Gasteiger charge is 1.96. The van der Waals surface area contributed by atoms with Crippen molar-refractivity contribution in [3.05, 3.63) is 24.4 Å². The van der Waals surface area contributed by atoms with Crippen molar-refractivity contribution in [3.63, 3.8) is 0 Å². The van der Waals surface area contributed by atoms with Crippen LogP contribution in [-0.4, -0.2) is 26.6 Å². The van der Waals surface area contributed by atoms with Crippen molar-refractivity contribution in [2.45, 2.75) is 13.1 Å². The van der Waals surface area contributed by atoms with E-state index in [0.717, 1.165) is 0 Å². The lowest BCUT2D eigenvalue weighted by Gasteiger charge is -2.08. The van der Waals surface area contributed by atoms with Gasteiger partial charge in [-0.05, 0) is 13.1 Å². The normalized spacial score (nSPS) is 12.8. The van der Waals surface area contributed by atoms with Crippen LogP contribution < -0.4 is 0 Å². The minimum atomic E-state index is -0.480. The van der Waals surface area contributed by atoms with Gasteiger partial charge in [0.25, 0.3) is 5.95 Å². The zero-order valence-corrected chi connectivity index (χ0v) is 10.8. The fourth-order valence-corrected chi connectivity index (χ4v) is 1.60. The minimum absolute atomic E-state index is 0.442. The van der Waals surface area contributed by atoms with Crippen molar-refractivity contribution >= 4 is 19.5 Å². The van der Waals surface area contributed by atoms with Gasteiger partial charge in [0.05, 0.1) is 13.2 Å². The van der Waals surface area contributed by atoms with Crippen molar-refractivity contribution in [3.8, 4) is 0 Å². The highest BCUT2D eigenvalue weighted by molar-refractivity contribution is 6.25. The Bertz CT molecular complexity index is 168. The van der Waals surface area contributed by atoms with Crippen molar-refractivity contribution in [2.75, 3.05) is 7.11 Å². The number of ether oxygens (including phenoxy) is 1. The topological polar surface area (TPSA) is 27.7 Å². The molecule has 0 rings (SSSR count). The van der Waals surface area contributed by atoms with Crippen LogP contribution >= 0.6 is 0 Å². The zero-order valence-electron chi connectivity index (χ0n) is 7.92. The Kier molecular flexibility index (Phi) is 6.59. The molecule has 0 spiro atoms. The summed E-state index contributed by atoms with van der Waals surface area (Å²) in [6, 6.07) is 0. The average Bonchev–Trinajstić information content (AvgIpc) is 2.04. The zero-order chi connectivity index (χ0) is 9.40. The molecule has 5 heteroatoms. The molecule has 70 valence electrons. The number of hydrogen-bond acceptors (Lipinski definition) is 3. The smallest absolute Gasteiger partial charge is 0.268 e. The summed E-state index contributed by atoms with van der Waals surface area (Å²) in [6.07, 6.45) is 1.69. The summed E-state index contributed by atoms with van der Waals surface area (Å²) in [4.78, 5) is 0. The van der Waals surface area contributed by atoms with E-state index in [1.807, 2.05) is 13.1 Å². The van der Waals surface area contributed by atoms with Crippen LogP contribution in [0.25, 0.3) is 0 Å². The van der Waals surface area contributed by atoms with Gasteiger partial charge in [0, 0.05) is 0 Å². The quantitative estimate of drug-likeness (QED) is 0.353. The van der Waals surface area contributed by atoms with Gasteiger partial charge in [0.15, 0.2) is 0 Å². The molecule has 0 atom stereocenters. The van der Waals surface area contributed by atoms with Crippen LogP contribution in [0.15, 0.2) is 24.4 Å². The fourth-order valence-electron chi connectivity index (χ4n) is 0.660. The largest absolute Gasteiger partial charge is 0.550 e. The van der Waals surface area contributed by atoms with Gasteiger partial charge in [0.2, 0.25) is 19.5 Å². The van der Waals surface area contributed by atoms with Gasteiger partial charge in [-0.15, -0.1) is 0 Å². The van der Waals surface area contributed by atoms with Gasteiger partial charge in [-0.3, -0.25) is 0 Å². The van der Waals surface area contributed by atoms with Crippen LogP contribution in [0.3, 0.4) is 0 Å². The maximum Gasteiger partial charge on any atom is 0.268 e. The summed E-state index contributed by atoms with van der Waals surface area (Å²) >= 11 is 0. The summed E-state index contributed by atoms with van der Waals surface area (Å²) in [7, 11) is 0.654. The molecule has 0 aromatic carbocycles. The van der Waals surface area contributed by atoms with Crippen LogP contribution in [0.5, 0.6) is 0 Å². The molecular formula is C7H16O3Si2. The summed E-state index contributed by atoms with van der Waals surface area (Å²) < 4.78 is 15.5. The van der Waals surface area contributed by atoms with Gasteiger partial charge >= 0.3 is 0 Å². The average molecular weight is 204 g/mol. The Morgan fingerprint density at radius 3 is 2.25 bits per heavy atom. The third-order valence-electron chi connectivity index (χ3n) is 1.10. The Hall–Kier alpha value is -0.686. The number of methoxy groups -OCH3 is 1. The van der Waals surface area contributed by atoms with Crippen molar-refractivity contribution < 1.29 is 13.6 Å². The predicted octanol–water partition coefficient (Wildman–Crippen LogP) is 0.285. The van der Waals surface area contributed by atoms with E-state index in [2.05, 4.69) is 6.58 Å². The Balaban J connectivity index is 3.98. The van der Waals surface area contributed by atoms with Gasteiger partial charge in [-0.25, -0.2) is 0 Å². The molecule has 0 N–H and O–H groups in total. The third-order valence-corrected chi connectivity index (χ3v) is 2.33. The first-order valence-electron chi connectivity index (χ1n) is 3.94. The second-order valence-electron chi connectivity index (χ2n) is 2.00. The molecule has 0 saturated carbocycles. The second kappa shape index (κ2) is 6.99. The first kappa shape index (κ1) is 11.3. The molecule has 3 nitrogen and oxygen atoms in total. The Labute approximate surface area is 78.3 Å². The van der Waals surface area contributed by atoms with E-state index < -0.39 is 19.5 Å². The van der Waals surface area contributed by atoms with Gasteiger partial charge < -0.3 is 13.6 Å². The summed E-state index contributed by atoms with van der Waals surface area (Å²) in [5.41, 5.74) is 0. The Morgan fingerprint density at radius 2 is 1.83 bits per heavy atom. The highest BCUT2D eigenvalue weighted by atomic mass is 28.2. The lowest BCUT2D eigenvalue weighted by molar-refractivity contribution is 0.155. The van der Waals surface area contributed by atoms with E-state index >= 15 is 0 Å². The SMILES string of the molecule is C=C(C=C(OC)O[SiH2]C)O[SiH2]C. The molecule has 0 aromatic rings. The van der Waals surface area contributed by atoms with E-state index in [9.17, 15) is 0 Å². The minimum Gasteiger partial charge on any atom is -0.550 e. The standard InChI is InChI=1S/C7H16O3Si2/c1-6(9-11-3)5-7(8-2)10-12-4/h5H,1,11-12H2,2-4H3. The summed E-state index contributed by atoms with van der Waals surface area (Å²) in [5, 5.41) is 0. The van der Waals surface area contributed by atoms with E-state index in [-0.39, 0.29) is 0 Å². The number of allylic oxidation sites excluding steroid dienone is 1. The van der Waals surface area contributed by atoms with E-state index in [0.29, 0.717) is 11.7 Å². The molecule has 0 aliphatic rings. The molecule has 0 aliphatic carbocycles. The first-order valence-corrected chi connectivity index (χ1v) is 7.93. The summed E-state index contributed by atoms with van der Waals surface area (Å²) in [6.45, 7) is 7.78. The predicted molar refractivity (Wildman–Crippen MR) is 55.2 cm³/mol.